The Hall–Kier alpha value is -2.57. The van der Waals surface area contributed by atoms with Gasteiger partial charge < -0.3 is 5.32 Å². The molecule has 3 aliphatic rings. The lowest BCUT2D eigenvalue weighted by Gasteiger charge is -2.43. The Labute approximate surface area is 159 Å². The number of non-ortho nitro benzene ring substituents is 1. The Bertz CT molecular complexity index is 959. The lowest BCUT2D eigenvalue weighted by Crippen LogP contribution is -2.35. The van der Waals surface area contributed by atoms with Crippen LogP contribution >= 0.6 is 0 Å². The molecule has 1 aliphatic heterocycles. The molecule has 5 atom stereocenters. The molecule has 4 nitrogen and oxygen atoms in total. The molecule has 2 fully saturated rings. The van der Waals surface area contributed by atoms with Gasteiger partial charge in [0.25, 0.3) is 5.69 Å². The topological polar surface area (TPSA) is 55.2 Å². The van der Waals surface area contributed by atoms with E-state index < -0.39 is 11.7 Å². The summed E-state index contributed by atoms with van der Waals surface area (Å²) in [5, 5.41) is 14.7. The smallest absolute Gasteiger partial charge is 0.378 e. The first-order valence-corrected chi connectivity index (χ1v) is 9.55. The lowest BCUT2D eigenvalue weighted by molar-refractivity contribution is -0.384. The van der Waals surface area contributed by atoms with Crippen LogP contribution in [0.3, 0.4) is 0 Å². The average molecular weight is 388 g/mol. The van der Waals surface area contributed by atoms with E-state index in [1.807, 2.05) is 0 Å². The summed E-state index contributed by atoms with van der Waals surface area (Å²) < 4.78 is 39.7. The Kier molecular flexibility index (Phi) is 3.73. The second-order valence-electron chi connectivity index (χ2n) is 8.21. The maximum Gasteiger partial charge on any atom is 0.416 e. The minimum Gasteiger partial charge on any atom is -0.378 e. The third-order valence-electron chi connectivity index (χ3n) is 6.85. The Balaban J connectivity index is 1.61. The molecule has 0 amide bonds. The van der Waals surface area contributed by atoms with Gasteiger partial charge in [0.1, 0.15) is 0 Å². The minimum absolute atomic E-state index is 0.0691. The predicted molar refractivity (Wildman–Crippen MR) is 98.0 cm³/mol. The van der Waals surface area contributed by atoms with E-state index in [1.165, 1.54) is 18.2 Å². The van der Waals surface area contributed by atoms with Gasteiger partial charge in [-0.1, -0.05) is 12.1 Å². The standard InChI is InChI=1S/C21H19F3N2O2/c22-21(23,24)14-3-1-2-13(9-14)20-19-12-5-4-11(8-12)18(19)16-10-15(26(27)28)6-7-17(16)25-20/h1-3,6-7,9-12,18-20,25H,4-5,8H2/t11-,12-,18-,19+,20+/m0/s1. The molecule has 2 aromatic rings. The van der Waals surface area contributed by atoms with Crippen molar-refractivity contribution in [3.05, 3.63) is 69.3 Å². The number of hydrogen-bond acceptors (Lipinski definition) is 3. The fraction of sp³-hybridized carbons (Fsp3) is 0.429. The molecule has 2 aliphatic carbocycles. The molecule has 0 unspecified atom stereocenters. The van der Waals surface area contributed by atoms with Gasteiger partial charge in [-0.25, -0.2) is 0 Å². The molecule has 0 radical (unpaired) electrons. The Morgan fingerprint density at radius 1 is 1.07 bits per heavy atom. The summed E-state index contributed by atoms with van der Waals surface area (Å²) >= 11 is 0. The quantitative estimate of drug-likeness (QED) is 0.514. The van der Waals surface area contributed by atoms with Gasteiger partial charge in [0.15, 0.2) is 0 Å². The first kappa shape index (κ1) is 17.5. The monoisotopic (exact) mass is 388 g/mol. The van der Waals surface area contributed by atoms with Crippen LogP contribution in [0.4, 0.5) is 24.5 Å². The zero-order valence-corrected chi connectivity index (χ0v) is 14.9. The highest BCUT2D eigenvalue weighted by molar-refractivity contribution is 5.62. The molecule has 0 spiro atoms. The highest BCUT2D eigenvalue weighted by Crippen LogP contribution is 2.64. The summed E-state index contributed by atoms with van der Waals surface area (Å²) in [6.45, 7) is 0. The molecular weight excluding hydrogens is 369 g/mol. The number of nitrogens with one attached hydrogen (secondary N) is 1. The molecule has 2 saturated carbocycles. The molecule has 28 heavy (non-hydrogen) atoms. The van der Waals surface area contributed by atoms with E-state index in [4.69, 9.17) is 0 Å². The summed E-state index contributed by atoms with van der Waals surface area (Å²) in [7, 11) is 0. The number of fused-ring (bicyclic) bond motifs is 7. The molecule has 0 aromatic heterocycles. The molecule has 146 valence electrons. The SMILES string of the molecule is O=[N+]([O-])c1ccc2c(c1)[C@@H]1[C@H]3CC[C@@H](C3)[C@H]1[C@@H](c1cccc(C(F)(F)F)c1)N2. The van der Waals surface area contributed by atoms with Crippen molar-refractivity contribution in [1.82, 2.24) is 0 Å². The van der Waals surface area contributed by atoms with E-state index in [9.17, 15) is 23.3 Å². The van der Waals surface area contributed by atoms with Crippen molar-refractivity contribution >= 4 is 11.4 Å². The molecule has 7 heteroatoms. The zero-order chi connectivity index (χ0) is 19.6. The molecule has 2 bridgehead atoms. The average Bonchev–Trinajstić information content (AvgIpc) is 3.29. The van der Waals surface area contributed by atoms with E-state index in [2.05, 4.69) is 5.32 Å². The third kappa shape index (κ3) is 2.59. The number of benzene rings is 2. The fourth-order valence-corrected chi connectivity index (χ4v) is 5.83. The van der Waals surface area contributed by atoms with Crippen LogP contribution in [0.5, 0.6) is 0 Å². The van der Waals surface area contributed by atoms with Crippen molar-refractivity contribution in [1.29, 1.82) is 0 Å². The van der Waals surface area contributed by atoms with Gasteiger partial charge in [-0.05, 0) is 72.3 Å². The number of rotatable bonds is 2. The second kappa shape index (κ2) is 5.96. The van der Waals surface area contributed by atoms with Gasteiger partial charge in [0.05, 0.1) is 16.5 Å². The van der Waals surface area contributed by atoms with Crippen molar-refractivity contribution in [3.8, 4) is 0 Å². The molecule has 5 rings (SSSR count). The van der Waals surface area contributed by atoms with Crippen LogP contribution < -0.4 is 5.32 Å². The number of anilines is 1. The molecule has 1 heterocycles. The van der Waals surface area contributed by atoms with Crippen LogP contribution in [0.1, 0.15) is 47.9 Å². The van der Waals surface area contributed by atoms with Gasteiger partial charge in [0, 0.05) is 17.8 Å². The summed E-state index contributed by atoms with van der Waals surface area (Å²) in [5.41, 5.74) is 1.83. The van der Waals surface area contributed by atoms with E-state index in [-0.39, 0.29) is 28.5 Å². The van der Waals surface area contributed by atoms with E-state index >= 15 is 0 Å². The van der Waals surface area contributed by atoms with Crippen molar-refractivity contribution in [2.24, 2.45) is 17.8 Å². The van der Waals surface area contributed by atoms with Crippen molar-refractivity contribution in [3.63, 3.8) is 0 Å². The summed E-state index contributed by atoms with van der Waals surface area (Å²) in [6, 6.07) is 10.2. The van der Waals surface area contributed by atoms with Gasteiger partial charge >= 0.3 is 6.18 Å². The predicted octanol–water partition coefficient (Wildman–Crippen LogP) is 5.91. The highest BCUT2D eigenvalue weighted by Gasteiger charge is 2.54. The van der Waals surface area contributed by atoms with Crippen molar-refractivity contribution in [2.75, 3.05) is 5.32 Å². The van der Waals surface area contributed by atoms with Gasteiger partial charge in [-0.3, -0.25) is 10.1 Å². The Morgan fingerprint density at radius 3 is 2.61 bits per heavy atom. The minimum atomic E-state index is -4.38. The largest absolute Gasteiger partial charge is 0.416 e. The first-order valence-electron chi connectivity index (χ1n) is 9.55. The number of nitro groups is 1. The fourth-order valence-electron chi connectivity index (χ4n) is 5.83. The molecule has 0 saturated heterocycles. The van der Waals surface area contributed by atoms with E-state index in [0.29, 0.717) is 17.4 Å². The second-order valence-corrected chi connectivity index (χ2v) is 8.21. The number of alkyl halides is 3. The molecule has 2 aromatic carbocycles. The summed E-state index contributed by atoms with van der Waals surface area (Å²) in [5.74, 6) is 1.21. The van der Waals surface area contributed by atoms with Crippen molar-refractivity contribution in [2.45, 2.75) is 37.4 Å². The summed E-state index contributed by atoms with van der Waals surface area (Å²) in [4.78, 5) is 10.8. The van der Waals surface area contributed by atoms with Crippen LogP contribution in [0.15, 0.2) is 42.5 Å². The van der Waals surface area contributed by atoms with E-state index in [0.717, 1.165) is 36.6 Å². The number of nitrogens with zero attached hydrogens (tertiary/aromatic N) is 1. The maximum absolute atomic E-state index is 13.2. The molecular formula is C21H19F3N2O2. The number of nitro benzene ring substituents is 1. The van der Waals surface area contributed by atoms with Crippen molar-refractivity contribution < 1.29 is 18.1 Å². The number of hydrogen-bond donors (Lipinski definition) is 1. The maximum atomic E-state index is 13.2. The normalized spacial score (nSPS) is 30.5. The Morgan fingerprint density at radius 2 is 1.86 bits per heavy atom. The lowest BCUT2D eigenvalue weighted by atomic mass is 9.68. The highest BCUT2D eigenvalue weighted by atomic mass is 19.4. The van der Waals surface area contributed by atoms with Crippen LogP contribution in [0, 0.1) is 27.9 Å². The summed E-state index contributed by atoms with van der Waals surface area (Å²) in [6.07, 6.45) is -1.16. The van der Waals surface area contributed by atoms with Crippen LogP contribution in [-0.4, -0.2) is 4.92 Å². The van der Waals surface area contributed by atoms with Gasteiger partial charge in [-0.15, -0.1) is 0 Å². The van der Waals surface area contributed by atoms with Crippen LogP contribution in [0.2, 0.25) is 0 Å². The van der Waals surface area contributed by atoms with Crippen LogP contribution in [0.25, 0.3) is 0 Å². The van der Waals surface area contributed by atoms with E-state index in [1.54, 1.807) is 18.2 Å². The van der Waals surface area contributed by atoms with Gasteiger partial charge in [0.2, 0.25) is 0 Å². The first-order chi connectivity index (χ1) is 13.3. The zero-order valence-electron chi connectivity index (χ0n) is 14.9. The number of halogens is 3. The van der Waals surface area contributed by atoms with Gasteiger partial charge in [-0.2, -0.15) is 13.2 Å². The third-order valence-corrected chi connectivity index (χ3v) is 6.85. The van der Waals surface area contributed by atoms with Crippen LogP contribution in [-0.2, 0) is 6.18 Å². The molecule has 1 N–H and O–H groups in total.